The van der Waals surface area contributed by atoms with E-state index in [2.05, 4.69) is 24.8 Å². The summed E-state index contributed by atoms with van der Waals surface area (Å²) in [6, 6.07) is 0. The summed E-state index contributed by atoms with van der Waals surface area (Å²) >= 11 is 7.65. The number of hydrogen-bond donors (Lipinski definition) is 2. The van der Waals surface area contributed by atoms with E-state index in [1.165, 1.54) is 0 Å². The molecule has 0 aliphatic heterocycles. The first-order valence-electron chi connectivity index (χ1n) is 0.716. The van der Waals surface area contributed by atoms with Crippen LogP contribution in [-0.4, -0.2) is 63.4 Å². The van der Waals surface area contributed by atoms with Crippen molar-refractivity contribution in [1.82, 2.24) is 0 Å². The molecule has 1 nitrogen and oxygen atoms in total. The third kappa shape index (κ3) is 34.1. The van der Waals surface area contributed by atoms with Gasteiger partial charge in [-0.25, -0.2) is 0 Å². The fourth-order valence-corrected chi connectivity index (χ4v) is 0. The molecule has 2 radical (unpaired) electrons. The van der Waals surface area contributed by atoms with E-state index in [0.717, 1.165) is 0 Å². The summed E-state index contributed by atoms with van der Waals surface area (Å²) in [5, 5.41) is 0. The molecule has 0 amide bonds. The smallest absolute Gasteiger partial charge is 0.128 e. The van der Waals surface area contributed by atoms with E-state index in [1.807, 2.05) is 0 Å². The molecule has 0 rings (SSSR count). The van der Waals surface area contributed by atoms with Gasteiger partial charge in [-0.15, -0.1) is 12.6 Å². The maximum Gasteiger partial charge on any atom is 0.128 e. The molecule has 0 aliphatic carbocycles. The molecule has 0 aromatic heterocycles. The van der Waals surface area contributed by atoms with Gasteiger partial charge in [-0.1, -0.05) is 12.2 Å². The largest absolute Gasteiger partial charge is 0.385 e. The molecule has 0 aromatic rings. The van der Waals surface area contributed by atoms with E-state index < -0.39 is 0 Å². The number of rotatable bonds is 0. The van der Waals surface area contributed by atoms with Gasteiger partial charge < -0.3 is 5.73 Å². The molecule has 5 heteroatoms. The standard InChI is InChI=1S/CH3NS2.2Na/c2-1(3)4;;/h(H3,2,3,4);;. The molecule has 0 bridgehead atoms. The van der Waals surface area contributed by atoms with Gasteiger partial charge in [-0.3, -0.25) is 0 Å². The molecule has 0 saturated heterocycles. The number of hydrogen-bond acceptors (Lipinski definition) is 1. The molecular formula is CH3NNa2S2. The van der Waals surface area contributed by atoms with Crippen LogP contribution in [0.25, 0.3) is 0 Å². The molecule has 2 N–H and O–H groups in total. The van der Waals surface area contributed by atoms with E-state index in [0.29, 0.717) is 0 Å². The van der Waals surface area contributed by atoms with Gasteiger partial charge in [-0.05, 0) is 0 Å². The van der Waals surface area contributed by atoms with Gasteiger partial charge in [0, 0.05) is 59.1 Å². The minimum Gasteiger partial charge on any atom is -0.385 e. The first kappa shape index (κ1) is 15.7. The van der Waals surface area contributed by atoms with E-state index in [1.54, 1.807) is 0 Å². The van der Waals surface area contributed by atoms with Crippen LogP contribution in [0.5, 0.6) is 0 Å². The summed E-state index contributed by atoms with van der Waals surface area (Å²) in [7, 11) is 0. The van der Waals surface area contributed by atoms with Crippen molar-refractivity contribution in [3.8, 4) is 0 Å². The number of nitrogens with two attached hydrogens (primary N) is 1. The zero-order chi connectivity index (χ0) is 3.58. The predicted molar refractivity (Wildman–Crippen MR) is 37.3 cm³/mol. The van der Waals surface area contributed by atoms with Crippen molar-refractivity contribution in [3.63, 3.8) is 0 Å². The minimum atomic E-state index is 0. The van der Waals surface area contributed by atoms with Gasteiger partial charge in [0.25, 0.3) is 0 Å². The van der Waals surface area contributed by atoms with Crippen LogP contribution in [0, 0.1) is 0 Å². The molecule has 0 saturated carbocycles. The van der Waals surface area contributed by atoms with Crippen molar-refractivity contribution in [3.05, 3.63) is 0 Å². The normalized spacial score (nSPS) is 4.17. The second-order valence-corrected chi connectivity index (χ2v) is 1.56. The van der Waals surface area contributed by atoms with Crippen LogP contribution >= 0.6 is 24.8 Å². The van der Waals surface area contributed by atoms with Crippen LogP contribution < -0.4 is 5.73 Å². The maximum absolute atomic E-state index is 4.71. The SMILES string of the molecule is NC(=S)S.[Na].[Na]. The fourth-order valence-electron chi connectivity index (χ4n) is 0. The van der Waals surface area contributed by atoms with E-state index >= 15 is 0 Å². The molecular weight excluding hydrogens is 136 g/mol. The Morgan fingerprint density at radius 1 is 1.50 bits per heavy atom. The average molecular weight is 139 g/mol. The summed E-state index contributed by atoms with van der Waals surface area (Å²) in [6.07, 6.45) is 0. The Hall–Kier alpha value is 2.24. The van der Waals surface area contributed by atoms with Crippen molar-refractivity contribution < 1.29 is 0 Å². The Morgan fingerprint density at radius 3 is 1.50 bits per heavy atom. The van der Waals surface area contributed by atoms with Crippen molar-refractivity contribution in [2.45, 2.75) is 0 Å². The van der Waals surface area contributed by atoms with Crippen molar-refractivity contribution in [1.29, 1.82) is 0 Å². The summed E-state index contributed by atoms with van der Waals surface area (Å²) in [5.74, 6) is 0. The Kier molecular flexibility index (Phi) is 26.9. The van der Waals surface area contributed by atoms with Crippen LogP contribution in [0.1, 0.15) is 0 Å². The van der Waals surface area contributed by atoms with Crippen molar-refractivity contribution >= 4 is 88.3 Å². The molecule has 0 spiro atoms. The molecule has 26 valence electrons. The first-order valence-corrected chi connectivity index (χ1v) is 1.57. The van der Waals surface area contributed by atoms with Crippen LogP contribution in [-0.2, 0) is 0 Å². The summed E-state index contributed by atoms with van der Waals surface area (Å²) in [4.78, 5) is 0. The van der Waals surface area contributed by atoms with E-state index in [4.69, 9.17) is 5.73 Å². The topological polar surface area (TPSA) is 26.0 Å². The van der Waals surface area contributed by atoms with Crippen LogP contribution in [0.3, 0.4) is 0 Å². The Bertz CT molecular complexity index is 34.5. The Morgan fingerprint density at radius 2 is 1.50 bits per heavy atom. The van der Waals surface area contributed by atoms with Gasteiger partial charge in [0.05, 0.1) is 0 Å². The zero-order valence-corrected chi connectivity index (χ0v) is 9.64. The minimum absolute atomic E-state index is 0. The molecule has 0 atom stereocenters. The van der Waals surface area contributed by atoms with E-state index in [9.17, 15) is 0 Å². The van der Waals surface area contributed by atoms with Gasteiger partial charge in [0.15, 0.2) is 0 Å². The number of thiol groups is 1. The van der Waals surface area contributed by atoms with Gasteiger partial charge in [-0.2, -0.15) is 0 Å². The molecule has 6 heavy (non-hydrogen) atoms. The van der Waals surface area contributed by atoms with E-state index in [-0.39, 0.29) is 63.4 Å². The predicted octanol–water partition coefficient (Wildman–Crippen LogP) is -0.602. The molecule has 0 aromatic carbocycles. The van der Waals surface area contributed by atoms with Gasteiger partial charge in [0.2, 0.25) is 0 Å². The quantitative estimate of drug-likeness (QED) is 0.266. The summed E-state index contributed by atoms with van der Waals surface area (Å²) in [6.45, 7) is 0. The van der Waals surface area contributed by atoms with Crippen LogP contribution in [0.15, 0.2) is 0 Å². The van der Waals surface area contributed by atoms with Crippen molar-refractivity contribution in [2.75, 3.05) is 0 Å². The summed E-state index contributed by atoms with van der Waals surface area (Å²) < 4.78 is 0.194. The number of thiocarbonyl (C=S) groups is 1. The average Bonchev–Trinajstić information content (AvgIpc) is 0.811. The first-order chi connectivity index (χ1) is 1.73. The van der Waals surface area contributed by atoms with Crippen LogP contribution in [0.4, 0.5) is 0 Å². The summed E-state index contributed by atoms with van der Waals surface area (Å²) in [5.41, 5.74) is 4.71. The Balaban J connectivity index is -0.0000000450. The Labute approximate surface area is 92.4 Å². The monoisotopic (exact) mass is 139 g/mol. The molecule has 0 fully saturated rings. The fraction of sp³-hybridized carbons (Fsp3) is 0. The molecule has 0 aliphatic rings. The third-order valence-corrected chi connectivity index (χ3v) is 0. The van der Waals surface area contributed by atoms with Gasteiger partial charge in [0.1, 0.15) is 4.32 Å². The van der Waals surface area contributed by atoms with Crippen molar-refractivity contribution in [2.24, 2.45) is 5.73 Å². The van der Waals surface area contributed by atoms with Gasteiger partial charge >= 0.3 is 0 Å². The molecule has 0 unspecified atom stereocenters. The zero-order valence-electron chi connectivity index (χ0n) is 3.93. The third-order valence-electron chi connectivity index (χ3n) is 0. The van der Waals surface area contributed by atoms with Crippen LogP contribution in [0.2, 0.25) is 0 Å². The second kappa shape index (κ2) is 10.3. The second-order valence-electron chi connectivity index (χ2n) is 0.338. The maximum atomic E-state index is 4.71. The molecule has 0 heterocycles.